The lowest BCUT2D eigenvalue weighted by molar-refractivity contribution is -0.0806. The molecule has 10 heterocycles. The van der Waals surface area contributed by atoms with Gasteiger partial charge in [-0.05, 0) is 60.3 Å². The zero-order valence-electron chi connectivity index (χ0n) is 43.1. The highest BCUT2D eigenvalue weighted by Gasteiger charge is 2.58. The smallest absolute Gasteiger partial charge is 0.410 e. The van der Waals surface area contributed by atoms with Crippen LogP contribution in [0.1, 0.15) is 76.5 Å². The number of hydrogen-bond acceptors (Lipinski definition) is 20. The molecular weight excluding hydrogens is 973 g/mol. The molecule has 0 saturated carbocycles. The summed E-state index contributed by atoms with van der Waals surface area (Å²) >= 11 is 0. The van der Waals surface area contributed by atoms with Gasteiger partial charge in [0.05, 0.1) is 94.1 Å². The van der Waals surface area contributed by atoms with Gasteiger partial charge >= 0.3 is 24.4 Å². The zero-order chi connectivity index (χ0) is 53.0. The topological polar surface area (TPSA) is 289 Å². The first-order chi connectivity index (χ1) is 35.6. The SMILES string of the molecule is Cn1cc(Nc2nc(N3CCC[C@@H](N4CC5(CN(C(=O)OC(C)(C)CNC(=O)c6ncc(N7CCC[C@H](N8CC9(CN(C(=O)OC(C)(C)C)C9)OC8=O)C7)nc6Nc6cnn(C)c6)C5)OC4=O)C3)cnc2C#N)cn1. The second-order valence-electron chi connectivity index (χ2n) is 21.9. The summed E-state index contributed by atoms with van der Waals surface area (Å²) in [6, 6.07) is 1.69. The first-order valence-corrected chi connectivity index (χ1v) is 25.0. The molecule has 27 nitrogen and oxygen atoms in total. The van der Waals surface area contributed by atoms with Crippen molar-refractivity contribution in [1.29, 1.82) is 5.26 Å². The number of nitrogens with zero attached hydrogens (tertiary/aromatic N) is 15. The molecule has 75 heavy (non-hydrogen) atoms. The molecule has 0 unspecified atom stereocenters. The molecule has 0 aromatic carbocycles. The second kappa shape index (κ2) is 19.3. The lowest BCUT2D eigenvalue weighted by Crippen LogP contribution is -2.66. The molecule has 6 fully saturated rings. The van der Waals surface area contributed by atoms with Crippen molar-refractivity contribution in [2.75, 3.05) is 92.4 Å². The highest BCUT2D eigenvalue weighted by atomic mass is 16.6. The van der Waals surface area contributed by atoms with Gasteiger partial charge in [0.1, 0.15) is 28.9 Å². The average Bonchev–Trinajstić information content (AvgIpc) is 4.14. The number of carbonyl (C=O) groups excluding carboxylic acids is 5. The number of piperidine rings is 2. The molecular formula is C48H62N18O9. The van der Waals surface area contributed by atoms with Crippen molar-refractivity contribution in [3.8, 4) is 6.07 Å². The van der Waals surface area contributed by atoms with E-state index >= 15 is 0 Å². The first kappa shape index (κ1) is 50.4. The lowest BCUT2D eigenvalue weighted by Gasteiger charge is -2.46. The Morgan fingerprint density at radius 1 is 0.720 bits per heavy atom. The summed E-state index contributed by atoms with van der Waals surface area (Å²) in [4.78, 5) is 95.8. The Morgan fingerprint density at radius 2 is 1.21 bits per heavy atom. The molecule has 0 bridgehead atoms. The van der Waals surface area contributed by atoms with E-state index in [4.69, 9.17) is 28.9 Å². The Morgan fingerprint density at radius 3 is 1.71 bits per heavy atom. The van der Waals surface area contributed by atoms with Gasteiger partial charge in [0.15, 0.2) is 34.2 Å². The van der Waals surface area contributed by atoms with Gasteiger partial charge in [-0.25, -0.2) is 39.1 Å². The first-order valence-electron chi connectivity index (χ1n) is 25.0. The van der Waals surface area contributed by atoms with E-state index in [0.717, 1.165) is 25.7 Å². The molecule has 0 aliphatic carbocycles. The van der Waals surface area contributed by atoms with E-state index in [1.165, 1.54) is 11.1 Å². The van der Waals surface area contributed by atoms with Crippen LogP contribution < -0.4 is 25.8 Å². The Balaban J connectivity index is 0.726. The van der Waals surface area contributed by atoms with Crippen molar-refractivity contribution in [2.24, 2.45) is 14.1 Å². The Kier molecular flexibility index (Phi) is 12.9. The molecule has 4 aromatic rings. The van der Waals surface area contributed by atoms with Crippen LogP contribution in [0.4, 0.5) is 53.8 Å². The number of aromatic nitrogens is 8. The molecule has 27 heteroatoms. The summed E-state index contributed by atoms with van der Waals surface area (Å²) in [5, 5.41) is 27.3. The number of nitrogens with one attached hydrogen (secondary N) is 3. The summed E-state index contributed by atoms with van der Waals surface area (Å²) in [5.74, 6) is 0.961. The van der Waals surface area contributed by atoms with Gasteiger partial charge in [-0.1, -0.05) is 0 Å². The predicted molar refractivity (Wildman–Crippen MR) is 266 cm³/mol. The second-order valence-corrected chi connectivity index (χ2v) is 21.9. The number of likely N-dealkylation sites (tertiary alicyclic amines) is 2. The van der Waals surface area contributed by atoms with E-state index in [9.17, 15) is 29.2 Å². The molecule has 3 N–H and O–H groups in total. The monoisotopic (exact) mass is 1030 g/mol. The fourth-order valence-electron chi connectivity index (χ4n) is 10.4. The molecule has 6 saturated heterocycles. The zero-order valence-corrected chi connectivity index (χ0v) is 43.1. The standard InChI is InChI=1S/C48H62N18O9/c1-45(2,3)72-41(68)63-24-47(25-63)28-65(43(70)74-47)33-11-9-13-62(22-33)36-18-51-37(39(58-36)56-31-16-54-60(7)20-31)40(67)52-23-46(4,5)73-42(69)64-26-48(27-64)29-66(44(71)75-48)32-10-8-12-61(21-32)35-17-50-34(14-49)38(57-35)55-30-15-53-59(6)19-30/h15-20,32-33H,8-13,21-29H2,1-7H3,(H,52,67)(H,55,57)(H,56,58)/t32-,33+/m1/s1. The summed E-state index contributed by atoms with van der Waals surface area (Å²) in [7, 11) is 3.55. The molecule has 10 rings (SSSR count). The molecule has 2 spiro atoms. The number of carbonyl (C=O) groups is 5. The van der Waals surface area contributed by atoms with Gasteiger partial charge < -0.3 is 44.7 Å². The van der Waals surface area contributed by atoms with E-state index in [-0.39, 0.29) is 62.0 Å². The van der Waals surface area contributed by atoms with Crippen molar-refractivity contribution in [1.82, 2.24) is 64.4 Å². The van der Waals surface area contributed by atoms with Gasteiger partial charge in [0, 0.05) is 52.7 Å². The minimum atomic E-state index is -1.17. The number of anilines is 6. The van der Waals surface area contributed by atoms with Gasteiger partial charge in [0.25, 0.3) is 5.91 Å². The van der Waals surface area contributed by atoms with Crippen LogP contribution in [0.5, 0.6) is 0 Å². The Labute approximate surface area is 432 Å². The van der Waals surface area contributed by atoms with Crippen LogP contribution in [0, 0.1) is 11.3 Å². The molecule has 6 aliphatic heterocycles. The number of nitriles is 1. The maximum atomic E-state index is 13.9. The molecule has 398 valence electrons. The van der Waals surface area contributed by atoms with Gasteiger partial charge in [-0.2, -0.15) is 15.5 Å². The quantitative estimate of drug-likeness (QED) is 0.172. The highest BCUT2D eigenvalue weighted by molar-refractivity contribution is 5.97. The van der Waals surface area contributed by atoms with Crippen LogP contribution in [-0.4, -0.2) is 196 Å². The van der Waals surface area contributed by atoms with Crippen LogP contribution >= 0.6 is 0 Å². The van der Waals surface area contributed by atoms with Crippen molar-refractivity contribution in [2.45, 2.75) is 94.8 Å². The maximum Gasteiger partial charge on any atom is 0.410 e. The van der Waals surface area contributed by atoms with E-state index in [1.807, 2.05) is 9.80 Å². The number of hydrogen-bond donors (Lipinski definition) is 3. The summed E-state index contributed by atoms with van der Waals surface area (Å²) in [6.07, 6.45) is 10.9. The summed E-state index contributed by atoms with van der Waals surface area (Å²) < 4.78 is 26.4. The minimum Gasteiger partial charge on any atom is -0.444 e. The lowest BCUT2D eigenvalue weighted by atomic mass is 9.93. The van der Waals surface area contributed by atoms with E-state index in [0.29, 0.717) is 68.1 Å². The highest BCUT2D eigenvalue weighted by Crippen LogP contribution is 2.38. The number of amides is 5. The van der Waals surface area contributed by atoms with Crippen molar-refractivity contribution >= 4 is 64.9 Å². The van der Waals surface area contributed by atoms with Crippen molar-refractivity contribution < 1.29 is 42.9 Å². The van der Waals surface area contributed by atoms with Crippen molar-refractivity contribution in [3.63, 3.8) is 0 Å². The maximum absolute atomic E-state index is 13.9. The van der Waals surface area contributed by atoms with Gasteiger partial charge in [0.2, 0.25) is 0 Å². The molecule has 5 amide bonds. The third kappa shape index (κ3) is 10.8. The molecule has 4 aromatic heterocycles. The normalized spacial score (nSPS) is 21.0. The number of rotatable bonds is 12. The molecule has 6 aliphatic rings. The van der Waals surface area contributed by atoms with E-state index in [1.54, 1.807) is 104 Å². The average molecular weight is 1040 g/mol. The third-order valence-corrected chi connectivity index (χ3v) is 14.0. The van der Waals surface area contributed by atoms with Gasteiger partial charge in [-0.3, -0.25) is 33.8 Å². The largest absolute Gasteiger partial charge is 0.444 e. The van der Waals surface area contributed by atoms with Gasteiger partial charge in [-0.15, -0.1) is 0 Å². The van der Waals surface area contributed by atoms with Crippen LogP contribution in [0.2, 0.25) is 0 Å². The summed E-state index contributed by atoms with van der Waals surface area (Å²) in [5.41, 5.74) is -2.12. The fraction of sp³-hybridized carbons (Fsp3) is 0.583. The Hall–Kier alpha value is -8.18. The van der Waals surface area contributed by atoms with Crippen molar-refractivity contribution in [3.05, 3.63) is 48.6 Å². The Bertz CT molecular complexity index is 2920. The fourth-order valence-corrected chi connectivity index (χ4v) is 10.4. The van der Waals surface area contributed by atoms with E-state index in [2.05, 4.69) is 42.2 Å². The van der Waals surface area contributed by atoms with Crippen LogP contribution in [0.3, 0.4) is 0 Å². The van der Waals surface area contributed by atoms with E-state index < -0.39 is 52.7 Å². The van der Waals surface area contributed by atoms with Crippen LogP contribution in [0.15, 0.2) is 37.2 Å². The molecule has 2 atom stereocenters. The number of ether oxygens (including phenoxy) is 4. The molecule has 0 radical (unpaired) electrons. The summed E-state index contributed by atoms with van der Waals surface area (Å²) in [6.45, 7) is 12.3. The van der Waals surface area contributed by atoms with Crippen LogP contribution in [-0.2, 0) is 33.0 Å². The predicted octanol–water partition coefficient (Wildman–Crippen LogP) is 3.32. The minimum absolute atomic E-state index is 0.00586. The third-order valence-electron chi connectivity index (χ3n) is 14.0. The number of aryl methyl sites for hydroxylation is 2. The van der Waals surface area contributed by atoms with Crippen LogP contribution in [0.25, 0.3) is 0 Å².